The predicted molar refractivity (Wildman–Crippen MR) is 80.8 cm³/mol. The highest BCUT2D eigenvalue weighted by Crippen LogP contribution is 2.11. The summed E-state index contributed by atoms with van der Waals surface area (Å²) in [6, 6.07) is 8.11. The molecule has 18 heavy (non-hydrogen) atoms. The van der Waals surface area contributed by atoms with Crippen LogP contribution >= 0.6 is 0 Å². The van der Waals surface area contributed by atoms with Crippen LogP contribution in [0.15, 0.2) is 24.3 Å². The van der Waals surface area contributed by atoms with Gasteiger partial charge in [-0.2, -0.15) is 0 Å². The number of alkyl halides is 1. The zero-order chi connectivity index (χ0) is 14.4. The molecule has 1 aromatic carbocycles. The third kappa shape index (κ3) is 9.17. The number of benzene rings is 1. The second-order valence-corrected chi connectivity index (χ2v) is 3.55. The van der Waals surface area contributed by atoms with Gasteiger partial charge in [0, 0.05) is 6.42 Å². The lowest BCUT2D eigenvalue weighted by Gasteiger charge is -2.07. The van der Waals surface area contributed by atoms with Crippen molar-refractivity contribution in [1.82, 2.24) is 0 Å². The fourth-order valence-corrected chi connectivity index (χ4v) is 1.52. The van der Waals surface area contributed by atoms with Crippen molar-refractivity contribution in [3.05, 3.63) is 35.4 Å². The fourth-order valence-electron chi connectivity index (χ4n) is 1.52. The molecule has 0 bridgehead atoms. The molecule has 1 unspecified atom stereocenters. The number of hydrogen-bond donors (Lipinski definition) is 1. The molecule has 1 rings (SSSR count). The molecular formula is C16H30FN. The average molecular weight is 255 g/mol. The summed E-state index contributed by atoms with van der Waals surface area (Å²) >= 11 is 0. The summed E-state index contributed by atoms with van der Waals surface area (Å²) in [4.78, 5) is 0. The van der Waals surface area contributed by atoms with Gasteiger partial charge in [0.15, 0.2) is 0 Å². The minimum atomic E-state index is -0.799. The van der Waals surface area contributed by atoms with Crippen LogP contribution in [-0.2, 0) is 12.8 Å². The Hall–Kier alpha value is -0.890. The average Bonchev–Trinajstić information content (AvgIpc) is 2.43. The van der Waals surface area contributed by atoms with Crippen molar-refractivity contribution in [3.8, 4) is 0 Å². The first-order valence-electron chi connectivity index (χ1n) is 7.18. The quantitative estimate of drug-likeness (QED) is 0.822. The van der Waals surface area contributed by atoms with Crippen molar-refractivity contribution in [2.45, 2.75) is 60.1 Å². The van der Waals surface area contributed by atoms with E-state index in [2.05, 4.69) is 19.1 Å². The van der Waals surface area contributed by atoms with Gasteiger partial charge in [-0.1, -0.05) is 58.9 Å². The lowest BCUT2D eigenvalue weighted by atomic mass is 10.0. The van der Waals surface area contributed by atoms with Crippen LogP contribution in [0.4, 0.5) is 4.39 Å². The van der Waals surface area contributed by atoms with E-state index in [0.29, 0.717) is 19.4 Å². The summed E-state index contributed by atoms with van der Waals surface area (Å²) in [7, 11) is 0. The molecule has 0 heterocycles. The molecule has 2 N–H and O–H groups in total. The third-order valence-electron chi connectivity index (χ3n) is 2.34. The summed E-state index contributed by atoms with van der Waals surface area (Å²) in [5.74, 6) is 0. The van der Waals surface area contributed by atoms with Gasteiger partial charge in [-0.3, -0.25) is 0 Å². The van der Waals surface area contributed by atoms with Crippen LogP contribution in [0, 0.1) is 0 Å². The summed E-state index contributed by atoms with van der Waals surface area (Å²) in [6.45, 7) is 10.5. The minimum absolute atomic E-state index is 0.425. The Morgan fingerprint density at radius 2 is 1.67 bits per heavy atom. The molecule has 0 aliphatic heterocycles. The van der Waals surface area contributed by atoms with E-state index in [9.17, 15) is 4.39 Å². The van der Waals surface area contributed by atoms with Crippen LogP contribution in [0.1, 0.15) is 52.2 Å². The third-order valence-corrected chi connectivity index (χ3v) is 2.34. The van der Waals surface area contributed by atoms with E-state index < -0.39 is 6.17 Å². The molecule has 1 nitrogen and oxygen atoms in total. The van der Waals surface area contributed by atoms with Crippen molar-refractivity contribution in [2.75, 3.05) is 6.54 Å². The number of hydrogen-bond acceptors (Lipinski definition) is 1. The summed E-state index contributed by atoms with van der Waals surface area (Å²) in [6.07, 6.45) is 1.15. The molecule has 0 radical (unpaired) electrons. The predicted octanol–water partition coefficient (Wildman–Crippen LogP) is 4.53. The Morgan fingerprint density at radius 1 is 1.11 bits per heavy atom. The van der Waals surface area contributed by atoms with Crippen LogP contribution in [0.5, 0.6) is 0 Å². The first-order valence-corrected chi connectivity index (χ1v) is 7.18. The Labute approximate surface area is 113 Å². The molecule has 1 atom stereocenters. The van der Waals surface area contributed by atoms with Gasteiger partial charge >= 0.3 is 0 Å². The second kappa shape index (κ2) is 14.2. The van der Waals surface area contributed by atoms with Crippen LogP contribution < -0.4 is 5.73 Å². The molecular weight excluding hydrogens is 225 g/mol. The molecule has 0 aromatic heterocycles. The van der Waals surface area contributed by atoms with Gasteiger partial charge in [0.25, 0.3) is 0 Å². The van der Waals surface area contributed by atoms with Crippen LogP contribution in [0.3, 0.4) is 0 Å². The molecule has 106 valence electrons. The molecule has 0 aliphatic carbocycles. The Balaban J connectivity index is 0. The topological polar surface area (TPSA) is 26.0 Å². The molecule has 2 heteroatoms. The van der Waals surface area contributed by atoms with E-state index in [1.165, 1.54) is 5.56 Å². The maximum Gasteiger partial charge on any atom is 0.105 e. The highest BCUT2D eigenvalue weighted by molar-refractivity contribution is 5.23. The second-order valence-electron chi connectivity index (χ2n) is 3.55. The van der Waals surface area contributed by atoms with E-state index in [0.717, 1.165) is 12.0 Å². The highest BCUT2D eigenvalue weighted by atomic mass is 19.1. The lowest BCUT2D eigenvalue weighted by Crippen LogP contribution is -2.11. The molecule has 0 saturated carbocycles. The maximum absolute atomic E-state index is 13.2. The zero-order valence-corrected chi connectivity index (χ0v) is 12.7. The van der Waals surface area contributed by atoms with E-state index in [-0.39, 0.29) is 0 Å². The standard InChI is InChI=1S/C12H18FN.2C2H6/c1-2-10-4-3-5-11(8-10)9-12(13)6-7-14;2*1-2/h3-5,8,12H,2,6-7,9,14H2,1H3;2*1-2H3. The number of rotatable bonds is 5. The van der Waals surface area contributed by atoms with Gasteiger partial charge in [-0.25, -0.2) is 4.39 Å². The number of halogens is 1. The zero-order valence-electron chi connectivity index (χ0n) is 12.7. The van der Waals surface area contributed by atoms with Crippen LogP contribution in [0.25, 0.3) is 0 Å². The van der Waals surface area contributed by atoms with E-state index in [1.54, 1.807) is 0 Å². The normalized spacial score (nSPS) is 10.6. The van der Waals surface area contributed by atoms with Gasteiger partial charge in [-0.15, -0.1) is 0 Å². The fraction of sp³-hybridized carbons (Fsp3) is 0.625. The van der Waals surface area contributed by atoms with Crippen molar-refractivity contribution in [3.63, 3.8) is 0 Å². The Kier molecular flexibility index (Phi) is 15.3. The lowest BCUT2D eigenvalue weighted by molar-refractivity contribution is 0.316. The van der Waals surface area contributed by atoms with Crippen molar-refractivity contribution in [1.29, 1.82) is 0 Å². The van der Waals surface area contributed by atoms with Crippen molar-refractivity contribution >= 4 is 0 Å². The first-order chi connectivity index (χ1) is 8.76. The molecule has 0 aliphatic rings. The monoisotopic (exact) mass is 255 g/mol. The summed E-state index contributed by atoms with van der Waals surface area (Å²) in [5, 5.41) is 0. The minimum Gasteiger partial charge on any atom is -0.330 e. The first kappa shape index (κ1) is 19.4. The van der Waals surface area contributed by atoms with Gasteiger partial charge in [0.05, 0.1) is 0 Å². The number of nitrogens with two attached hydrogens (primary N) is 1. The van der Waals surface area contributed by atoms with Crippen molar-refractivity contribution < 1.29 is 4.39 Å². The molecule has 0 amide bonds. The van der Waals surface area contributed by atoms with Gasteiger partial charge in [-0.05, 0) is 30.5 Å². The SMILES string of the molecule is CC.CC.CCc1cccc(CC(F)CCN)c1. The van der Waals surface area contributed by atoms with Gasteiger partial charge < -0.3 is 5.73 Å². The van der Waals surface area contributed by atoms with E-state index >= 15 is 0 Å². The van der Waals surface area contributed by atoms with E-state index in [4.69, 9.17) is 5.73 Å². The van der Waals surface area contributed by atoms with E-state index in [1.807, 2.05) is 39.8 Å². The Morgan fingerprint density at radius 3 is 2.17 bits per heavy atom. The molecule has 0 saturated heterocycles. The highest BCUT2D eigenvalue weighted by Gasteiger charge is 2.06. The maximum atomic E-state index is 13.2. The summed E-state index contributed by atoms with van der Waals surface area (Å²) < 4.78 is 13.2. The van der Waals surface area contributed by atoms with Crippen molar-refractivity contribution in [2.24, 2.45) is 5.73 Å². The molecule has 0 fully saturated rings. The van der Waals surface area contributed by atoms with Gasteiger partial charge in [0.1, 0.15) is 6.17 Å². The van der Waals surface area contributed by atoms with Crippen LogP contribution in [-0.4, -0.2) is 12.7 Å². The molecule has 0 spiro atoms. The largest absolute Gasteiger partial charge is 0.330 e. The summed E-state index contributed by atoms with van der Waals surface area (Å²) in [5.41, 5.74) is 7.64. The van der Waals surface area contributed by atoms with Gasteiger partial charge in [0.2, 0.25) is 0 Å². The molecule has 1 aromatic rings. The number of aryl methyl sites for hydroxylation is 1. The Bertz CT molecular complexity index is 274. The smallest absolute Gasteiger partial charge is 0.105 e. The van der Waals surface area contributed by atoms with Crippen LogP contribution in [0.2, 0.25) is 0 Å².